The molecule has 2 aromatic rings. The van der Waals surface area contributed by atoms with E-state index in [1.807, 2.05) is 18.2 Å². The molecule has 0 bridgehead atoms. The van der Waals surface area contributed by atoms with Crippen LogP contribution in [0.2, 0.25) is 0 Å². The van der Waals surface area contributed by atoms with E-state index in [0.717, 1.165) is 5.75 Å². The molecule has 1 unspecified atom stereocenters. The van der Waals surface area contributed by atoms with Gasteiger partial charge in [0.05, 0.1) is 12.7 Å². The number of aliphatic hydroxyl groups is 1. The zero-order valence-corrected chi connectivity index (χ0v) is 21.6. The largest absolute Gasteiger partial charge is 0.491 e. The van der Waals surface area contributed by atoms with E-state index in [1.54, 1.807) is 6.92 Å². The second kappa shape index (κ2) is 13.2. The van der Waals surface area contributed by atoms with Gasteiger partial charge < -0.3 is 14.6 Å². The summed E-state index contributed by atoms with van der Waals surface area (Å²) in [4.78, 5) is 0. The molecule has 0 aromatic heterocycles. The minimum atomic E-state index is -0.313. The van der Waals surface area contributed by atoms with Gasteiger partial charge in [0.25, 0.3) is 0 Å². The zero-order chi connectivity index (χ0) is 17.4. The molecule has 0 spiro atoms. The van der Waals surface area contributed by atoms with Crippen LogP contribution in [0.15, 0.2) is 54.6 Å². The SMILES string of the molecule is CC(O)CCOCCOc1ccc(C(C)(C)c2ccccc2)cc1.[W].[Y]. The van der Waals surface area contributed by atoms with Crippen molar-refractivity contribution in [2.45, 2.75) is 38.7 Å². The van der Waals surface area contributed by atoms with Crippen molar-refractivity contribution in [3.05, 3.63) is 65.7 Å². The minimum absolute atomic E-state index is 0. The Morgan fingerprint density at radius 3 is 2.04 bits per heavy atom. The first-order chi connectivity index (χ1) is 11.5. The molecule has 1 N–H and O–H groups in total. The fraction of sp³-hybridized carbons (Fsp3) is 0.429. The van der Waals surface area contributed by atoms with Gasteiger partial charge >= 0.3 is 0 Å². The van der Waals surface area contributed by atoms with Crippen LogP contribution >= 0.6 is 0 Å². The first-order valence-electron chi connectivity index (χ1n) is 8.55. The first-order valence-corrected chi connectivity index (χ1v) is 8.55. The molecule has 0 aliphatic rings. The van der Waals surface area contributed by atoms with Gasteiger partial charge in [-0.05, 0) is 36.6 Å². The molecular formula is C21H28O3WY. The summed E-state index contributed by atoms with van der Waals surface area (Å²) >= 11 is 0. The Hall–Kier alpha value is -0.0478. The van der Waals surface area contributed by atoms with Gasteiger partial charge in [0.15, 0.2) is 0 Å². The maximum absolute atomic E-state index is 9.15. The molecule has 5 heteroatoms. The average Bonchev–Trinajstić information content (AvgIpc) is 2.59. The van der Waals surface area contributed by atoms with Crippen molar-refractivity contribution < 1.29 is 68.4 Å². The predicted molar refractivity (Wildman–Crippen MR) is 97.6 cm³/mol. The quantitative estimate of drug-likeness (QED) is 0.439. The molecule has 26 heavy (non-hydrogen) atoms. The van der Waals surface area contributed by atoms with Crippen LogP contribution < -0.4 is 4.74 Å². The maximum atomic E-state index is 9.15. The number of ether oxygens (including phenoxy) is 2. The molecule has 0 fully saturated rings. The number of hydrogen-bond donors (Lipinski definition) is 1. The van der Waals surface area contributed by atoms with Gasteiger partial charge in [0, 0.05) is 65.8 Å². The number of rotatable bonds is 9. The summed E-state index contributed by atoms with van der Waals surface area (Å²) in [5.74, 6) is 0.849. The van der Waals surface area contributed by atoms with Crippen molar-refractivity contribution in [3.8, 4) is 5.75 Å². The molecule has 0 saturated carbocycles. The van der Waals surface area contributed by atoms with Crippen LogP contribution in [0.5, 0.6) is 5.75 Å². The third-order valence-electron chi connectivity index (χ3n) is 4.25. The summed E-state index contributed by atoms with van der Waals surface area (Å²) in [5.41, 5.74) is 2.52. The van der Waals surface area contributed by atoms with Crippen molar-refractivity contribution in [3.63, 3.8) is 0 Å². The normalized spacial score (nSPS) is 11.8. The van der Waals surface area contributed by atoms with Crippen molar-refractivity contribution in [1.82, 2.24) is 0 Å². The van der Waals surface area contributed by atoms with Crippen LogP contribution in [0.25, 0.3) is 0 Å². The van der Waals surface area contributed by atoms with Crippen molar-refractivity contribution in [1.29, 1.82) is 0 Å². The Labute approximate surface area is 197 Å². The van der Waals surface area contributed by atoms with E-state index >= 15 is 0 Å². The fourth-order valence-electron chi connectivity index (χ4n) is 2.56. The summed E-state index contributed by atoms with van der Waals surface area (Å²) in [5, 5.41) is 9.15. The molecule has 1 atom stereocenters. The van der Waals surface area contributed by atoms with Crippen molar-refractivity contribution in [2.75, 3.05) is 19.8 Å². The van der Waals surface area contributed by atoms with E-state index in [4.69, 9.17) is 14.6 Å². The Morgan fingerprint density at radius 2 is 1.46 bits per heavy atom. The summed E-state index contributed by atoms with van der Waals surface area (Å²) in [6.07, 6.45) is 0.343. The second-order valence-corrected chi connectivity index (χ2v) is 6.61. The molecule has 2 rings (SSSR count). The molecule has 1 radical (unpaired) electrons. The van der Waals surface area contributed by atoms with Gasteiger partial charge in [-0.3, -0.25) is 0 Å². The van der Waals surface area contributed by atoms with Crippen LogP contribution in [-0.2, 0) is 63.9 Å². The van der Waals surface area contributed by atoms with Gasteiger partial charge in [-0.15, -0.1) is 0 Å². The molecule has 0 aliphatic heterocycles. The number of benzene rings is 2. The van der Waals surface area contributed by atoms with Gasteiger partial charge in [-0.1, -0.05) is 56.3 Å². The molecule has 0 saturated heterocycles. The minimum Gasteiger partial charge on any atom is -0.491 e. The number of hydrogen-bond acceptors (Lipinski definition) is 3. The summed E-state index contributed by atoms with van der Waals surface area (Å²) in [6, 6.07) is 18.8. The standard InChI is InChI=1S/C21H28O3.W.Y/c1-17(22)13-14-23-15-16-24-20-11-9-19(10-12-20)21(2,3)18-7-5-4-6-8-18;;/h4-12,17,22H,13-16H2,1-3H3;;. The van der Waals surface area contributed by atoms with E-state index in [1.165, 1.54) is 11.1 Å². The second-order valence-electron chi connectivity index (χ2n) is 6.61. The summed E-state index contributed by atoms with van der Waals surface area (Å²) in [6.45, 7) is 7.83. The van der Waals surface area contributed by atoms with Gasteiger partial charge in [-0.2, -0.15) is 0 Å². The topological polar surface area (TPSA) is 38.7 Å². The van der Waals surface area contributed by atoms with Crippen LogP contribution in [0.3, 0.4) is 0 Å². The van der Waals surface area contributed by atoms with E-state index in [2.05, 4.69) is 50.2 Å². The van der Waals surface area contributed by atoms with Crippen LogP contribution in [-0.4, -0.2) is 31.0 Å². The summed E-state index contributed by atoms with van der Waals surface area (Å²) < 4.78 is 11.1. The Morgan fingerprint density at radius 1 is 0.885 bits per heavy atom. The van der Waals surface area contributed by atoms with Crippen molar-refractivity contribution in [2.24, 2.45) is 0 Å². The molecule has 139 valence electrons. The smallest absolute Gasteiger partial charge is 0.119 e. The Bertz CT molecular complexity index is 600. The van der Waals surface area contributed by atoms with Gasteiger partial charge in [-0.25, -0.2) is 0 Å². The van der Waals surface area contributed by atoms with Crippen LogP contribution in [0.4, 0.5) is 0 Å². The van der Waals surface area contributed by atoms with Crippen LogP contribution in [0.1, 0.15) is 38.3 Å². The molecular weight excluding hydrogens is 573 g/mol. The van der Waals surface area contributed by atoms with Gasteiger partial charge in [0.2, 0.25) is 0 Å². The molecule has 3 nitrogen and oxygen atoms in total. The van der Waals surface area contributed by atoms with Crippen LogP contribution in [0, 0.1) is 0 Å². The van der Waals surface area contributed by atoms with E-state index in [-0.39, 0.29) is 65.3 Å². The van der Waals surface area contributed by atoms with E-state index in [0.29, 0.717) is 26.2 Å². The Balaban J connectivity index is 0.00000312. The maximum Gasteiger partial charge on any atom is 0.119 e. The third-order valence-corrected chi connectivity index (χ3v) is 4.25. The fourth-order valence-corrected chi connectivity index (χ4v) is 2.56. The predicted octanol–water partition coefficient (Wildman–Crippen LogP) is 4.17. The van der Waals surface area contributed by atoms with Crippen molar-refractivity contribution >= 4 is 0 Å². The van der Waals surface area contributed by atoms with E-state index < -0.39 is 0 Å². The summed E-state index contributed by atoms with van der Waals surface area (Å²) in [7, 11) is 0. The molecule has 0 amide bonds. The molecule has 0 aliphatic carbocycles. The monoisotopic (exact) mass is 601 g/mol. The average molecular weight is 601 g/mol. The molecule has 2 aromatic carbocycles. The number of aliphatic hydroxyl groups excluding tert-OH is 1. The first kappa shape index (κ1) is 26.0. The third kappa shape index (κ3) is 8.32. The molecule has 0 heterocycles. The van der Waals surface area contributed by atoms with E-state index in [9.17, 15) is 0 Å². The Kier molecular flexibility index (Phi) is 13.2. The zero-order valence-electron chi connectivity index (χ0n) is 15.9. The van der Waals surface area contributed by atoms with Gasteiger partial charge in [0.1, 0.15) is 12.4 Å².